The number of carbonyl (C=O) groups is 2. The van der Waals surface area contributed by atoms with Gasteiger partial charge in [-0.05, 0) is 49.9 Å². The van der Waals surface area contributed by atoms with E-state index in [0.717, 1.165) is 64.9 Å². The van der Waals surface area contributed by atoms with Gasteiger partial charge in [0.25, 0.3) is 6.47 Å². The van der Waals surface area contributed by atoms with E-state index in [1.807, 2.05) is 29.9 Å². The molecular weight excluding hydrogens is 368 g/mol. The zero-order chi connectivity index (χ0) is 21.0. The third kappa shape index (κ3) is 4.29. The molecule has 0 aliphatic heterocycles. The Bertz CT molecular complexity index is 1040. The van der Waals surface area contributed by atoms with Crippen molar-refractivity contribution in [1.29, 1.82) is 0 Å². The number of benzene rings is 1. The van der Waals surface area contributed by atoms with E-state index < -0.39 is 0 Å². The van der Waals surface area contributed by atoms with E-state index >= 15 is 0 Å². The van der Waals surface area contributed by atoms with Crippen LogP contribution in [0.1, 0.15) is 36.8 Å². The van der Waals surface area contributed by atoms with Crippen LogP contribution in [0.2, 0.25) is 0 Å². The van der Waals surface area contributed by atoms with Gasteiger partial charge in [0.2, 0.25) is 5.91 Å². The first-order valence-corrected chi connectivity index (χ1v) is 9.73. The second-order valence-corrected chi connectivity index (χ2v) is 7.42. The Labute approximate surface area is 169 Å². The van der Waals surface area contributed by atoms with E-state index in [9.17, 15) is 4.79 Å². The fraction of sp³-hybridized carbons (Fsp3) is 0.364. The van der Waals surface area contributed by atoms with E-state index in [1.54, 1.807) is 6.20 Å². The Morgan fingerprint density at radius 1 is 1.24 bits per heavy atom. The predicted molar refractivity (Wildman–Crippen MR) is 113 cm³/mol. The number of rotatable bonds is 3. The Morgan fingerprint density at radius 2 is 1.93 bits per heavy atom. The first kappa shape index (κ1) is 20.5. The van der Waals surface area contributed by atoms with Gasteiger partial charge in [0, 0.05) is 30.7 Å². The average molecular weight is 394 g/mol. The molecule has 0 saturated heterocycles. The largest absolute Gasteiger partial charge is 0.483 e. The number of aryl methyl sites for hydroxylation is 3. The molecule has 152 valence electrons. The molecule has 1 fully saturated rings. The molecule has 2 heterocycles. The fourth-order valence-corrected chi connectivity index (χ4v) is 3.92. The summed E-state index contributed by atoms with van der Waals surface area (Å²) in [5.74, 6) is 1.13. The van der Waals surface area contributed by atoms with Crippen LogP contribution in [0.25, 0.3) is 22.4 Å². The minimum atomic E-state index is -0.250. The lowest BCUT2D eigenvalue weighted by molar-refractivity contribution is -0.123. The molecule has 2 aromatic heterocycles. The summed E-state index contributed by atoms with van der Waals surface area (Å²) in [5, 5.41) is 11.1. The third-order valence-electron chi connectivity index (χ3n) is 5.39. The van der Waals surface area contributed by atoms with Crippen molar-refractivity contribution in [2.75, 3.05) is 5.32 Å². The van der Waals surface area contributed by atoms with Crippen LogP contribution in [-0.2, 0) is 16.6 Å². The standard InChI is InChI=1S/C21H24N4O.CH2O2/c1-13-8-9-16(24-21(26)15-6-4-5-7-15)18-14(2)12-17(23-19(13)18)20-22-10-11-25(20)3;2-1-3/h8-12,15H,4-7H2,1-3H3,(H,24,26);1H,(H,2,3). The van der Waals surface area contributed by atoms with Gasteiger partial charge in [-0.2, -0.15) is 0 Å². The number of hydrogen-bond acceptors (Lipinski definition) is 4. The second-order valence-electron chi connectivity index (χ2n) is 7.42. The molecule has 1 amide bonds. The van der Waals surface area contributed by atoms with E-state index in [-0.39, 0.29) is 18.3 Å². The van der Waals surface area contributed by atoms with Gasteiger partial charge in [-0.3, -0.25) is 9.59 Å². The summed E-state index contributed by atoms with van der Waals surface area (Å²) < 4.78 is 1.97. The molecule has 1 aliphatic rings. The van der Waals surface area contributed by atoms with Gasteiger partial charge in [-0.25, -0.2) is 9.97 Å². The lowest BCUT2D eigenvalue weighted by atomic mass is 10.0. The molecule has 1 saturated carbocycles. The molecule has 29 heavy (non-hydrogen) atoms. The maximum absolute atomic E-state index is 12.6. The minimum Gasteiger partial charge on any atom is -0.483 e. The topological polar surface area (TPSA) is 97.1 Å². The lowest BCUT2D eigenvalue weighted by Gasteiger charge is -2.16. The summed E-state index contributed by atoms with van der Waals surface area (Å²) in [6.45, 7) is 3.88. The highest BCUT2D eigenvalue weighted by atomic mass is 16.3. The number of carbonyl (C=O) groups excluding carboxylic acids is 1. The monoisotopic (exact) mass is 394 g/mol. The highest BCUT2D eigenvalue weighted by Gasteiger charge is 2.23. The predicted octanol–water partition coefficient (Wildman–Crippen LogP) is 4.08. The zero-order valence-electron chi connectivity index (χ0n) is 17.0. The quantitative estimate of drug-likeness (QED) is 0.653. The maximum atomic E-state index is 12.6. The van der Waals surface area contributed by atoms with Crippen molar-refractivity contribution in [2.24, 2.45) is 13.0 Å². The van der Waals surface area contributed by atoms with Crippen molar-refractivity contribution in [3.63, 3.8) is 0 Å². The summed E-state index contributed by atoms with van der Waals surface area (Å²) in [5.41, 5.74) is 4.83. The van der Waals surface area contributed by atoms with Crippen molar-refractivity contribution in [1.82, 2.24) is 14.5 Å². The number of carboxylic acid groups (broad SMARTS) is 1. The summed E-state index contributed by atoms with van der Waals surface area (Å²) in [6.07, 6.45) is 8.00. The summed E-state index contributed by atoms with van der Waals surface area (Å²) >= 11 is 0. The van der Waals surface area contributed by atoms with Gasteiger partial charge in [0.15, 0.2) is 5.82 Å². The molecular formula is C22H26N4O3. The van der Waals surface area contributed by atoms with Gasteiger partial charge in [0.05, 0.1) is 11.2 Å². The van der Waals surface area contributed by atoms with Crippen molar-refractivity contribution < 1.29 is 14.7 Å². The molecule has 0 bridgehead atoms. The summed E-state index contributed by atoms with van der Waals surface area (Å²) in [7, 11) is 1.97. The van der Waals surface area contributed by atoms with Crippen molar-refractivity contribution in [2.45, 2.75) is 39.5 Å². The first-order valence-electron chi connectivity index (χ1n) is 9.73. The van der Waals surface area contributed by atoms with Gasteiger partial charge in [-0.1, -0.05) is 18.9 Å². The summed E-state index contributed by atoms with van der Waals surface area (Å²) in [6, 6.07) is 6.08. The van der Waals surface area contributed by atoms with Gasteiger partial charge < -0.3 is 15.0 Å². The van der Waals surface area contributed by atoms with Crippen LogP contribution in [0.5, 0.6) is 0 Å². The van der Waals surface area contributed by atoms with Gasteiger partial charge >= 0.3 is 0 Å². The molecule has 1 aromatic carbocycles. The molecule has 0 spiro atoms. The van der Waals surface area contributed by atoms with Crippen LogP contribution >= 0.6 is 0 Å². The third-order valence-corrected chi connectivity index (χ3v) is 5.39. The lowest BCUT2D eigenvalue weighted by Crippen LogP contribution is -2.20. The first-order chi connectivity index (χ1) is 14.0. The van der Waals surface area contributed by atoms with E-state index in [1.165, 1.54) is 0 Å². The van der Waals surface area contributed by atoms with Gasteiger partial charge in [-0.15, -0.1) is 0 Å². The van der Waals surface area contributed by atoms with Crippen LogP contribution in [-0.4, -0.2) is 32.0 Å². The van der Waals surface area contributed by atoms with E-state index in [2.05, 4.69) is 30.2 Å². The van der Waals surface area contributed by atoms with Crippen molar-refractivity contribution in [3.8, 4) is 11.5 Å². The Hall–Kier alpha value is -3.22. The molecule has 7 heteroatoms. The van der Waals surface area contributed by atoms with E-state index in [4.69, 9.17) is 14.9 Å². The molecule has 0 atom stereocenters. The minimum absolute atomic E-state index is 0.139. The van der Waals surface area contributed by atoms with Gasteiger partial charge in [0.1, 0.15) is 5.69 Å². The fourth-order valence-electron chi connectivity index (χ4n) is 3.92. The number of anilines is 1. The molecule has 3 aromatic rings. The van der Waals surface area contributed by atoms with Crippen LogP contribution in [0, 0.1) is 19.8 Å². The normalized spacial score (nSPS) is 13.8. The number of amides is 1. The summed E-state index contributed by atoms with van der Waals surface area (Å²) in [4.78, 5) is 30.3. The van der Waals surface area contributed by atoms with Crippen molar-refractivity contribution >= 4 is 29.0 Å². The number of hydrogen-bond donors (Lipinski definition) is 2. The second kappa shape index (κ2) is 8.86. The highest BCUT2D eigenvalue weighted by molar-refractivity contribution is 6.04. The Balaban J connectivity index is 0.000000755. The average Bonchev–Trinajstić information content (AvgIpc) is 3.36. The molecule has 1 aliphatic carbocycles. The Morgan fingerprint density at radius 3 is 2.55 bits per heavy atom. The van der Waals surface area contributed by atoms with E-state index in [0.29, 0.717) is 0 Å². The molecule has 0 radical (unpaired) electrons. The molecule has 2 N–H and O–H groups in total. The van der Waals surface area contributed by atoms with Crippen LogP contribution in [0.3, 0.4) is 0 Å². The number of nitrogens with zero attached hydrogens (tertiary/aromatic N) is 3. The highest BCUT2D eigenvalue weighted by Crippen LogP contribution is 2.32. The molecule has 7 nitrogen and oxygen atoms in total. The number of nitrogens with one attached hydrogen (secondary N) is 1. The number of pyridine rings is 1. The molecule has 4 rings (SSSR count). The number of aromatic nitrogens is 3. The zero-order valence-corrected chi connectivity index (χ0v) is 17.0. The number of fused-ring (bicyclic) bond motifs is 1. The SMILES string of the molecule is Cc1ccc(NC(=O)C2CCCC2)c2c(C)cc(-c3nccn3C)nc12.O=CO. The maximum Gasteiger partial charge on any atom is 0.290 e. The smallest absolute Gasteiger partial charge is 0.290 e. The number of imidazole rings is 1. The molecule has 0 unspecified atom stereocenters. The van der Waals surface area contributed by atoms with Crippen LogP contribution < -0.4 is 5.32 Å². The van der Waals surface area contributed by atoms with Crippen LogP contribution in [0.15, 0.2) is 30.6 Å². The van der Waals surface area contributed by atoms with Crippen molar-refractivity contribution in [3.05, 3.63) is 41.7 Å². The Kier molecular flexibility index (Phi) is 6.26. The van der Waals surface area contributed by atoms with Crippen LogP contribution in [0.4, 0.5) is 5.69 Å².